The summed E-state index contributed by atoms with van der Waals surface area (Å²) in [4.78, 5) is 3.99. The van der Waals surface area contributed by atoms with E-state index in [4.69, 9.17) is 10.4 Å². The van der Waals surface area contributed by atoms with Gasteiger partial charge in [0.05, 0.1) is 12.0 Å². The first kappa shape index (κ1) is 5.84. The molecule has 0 aromatic heterocycles. The highest BCUT2D eigenvalue weighted by molar-refractivity contribution is 3.92. The zero-order valence-corrected chi connectivity index (χ0v) is 3.46. The highest BCUT2D eigenvalue weighted by Gasteiger charge is 1.83. The van der Waals surface area contributed by atoms with Crippen LogP contribution in [0.3, 0.4) is 0 Å². The molecule has 2 N–H and O–H groups in total. The second kappa shape index (κ2) is 3.05. The van der Waals surface area contributed by atoms with Crippen molar-refractivity contribution in [3.63, 3.8) is 0 Å². The van der Waals surface area contributed by atoms with Gasteiger partial charge in [0.1, 0.15) is 0 Å². The van der Waals surface area contributed by atoms with E-state index in [-0.39, 0.29) is 12.0 Å². The third-order valence-corrected chi connectivity index (χ3v) is 0.245. The fourth-order valence-corrected chi connectivity index (χ4v) is 0.115. The normalized spacial score (nSPS) is 10.0. The number of hydrogen-bond donors (Lipinski definition) is 2. The standard InChI is InChI=1S/C2H7NO3/c1-2-6-3(4)5/h4-5H,2H2,1H3. The van der Waals surface area contributed by atoms with Gasteiger partial charge >= 0.3 is 0 Å². The van der Waals surface area contributed by atoms with Crippen molar-refractivity contribution < 1.29 is 15.3 Å². The van der Waals surface area contributed by atoms with Gasteiger partial charge in [0.2, 0.25) is 0 Å². The molecule has 0 heterocycles. The minimum atomic E-state index is -0.319. The van der Waals surface area contributed by atoms with Gasteiger partial charge in [0, 0.05) is 0 Å². The minimum Gasteiger partial charge on any atom is -0.266 e. The second-order valence-corrected chi connectivity index (χ2v) is 0.671. The van der Waals surface area contributed by atoms with Crippen molar-refractivity contribution in [2.75, 3.05) is 6.61 Å². The molecule has 0 rings (SSSR count). The topological polar surface area (TPSA) is 52.9 Å². The van der Waals surface area contributed by atoms with E-state index >= 15 is 0 Å². The lowest BCUT2D eigenvalue weighted by molar-refractivity contribution is -0.491. The van der Waals surface area contributed by atoms with Gasteiger partial charge in [0.25, 0.3) is 0 Å². The van der Waals surface area contributed by atoms with Crippen molar-refractivity contribution in [2.24, 2.45) is 0 Å². The molecule has 0 aromatic carbocycles. The van der Waals surface area contributed by atoms with Gasteiger partial charge in [-0.1, -0.05) is 0 Å². The summed E-state index contributed by atoms with van der Waals surface area (Å²) in [6.07, 6.45) is 0. The van der Waals surface area contributed by atoms with Crippen molar-refractivity contribution in [2.45, 2.75) is 6.92 Å². The summed E-state index contributed by atoms with van der Waals surface area (Å²) in [5.41, 5.74) is 0. The molecule has 4 nitrogen and oxygen atoms in total. The third kappa shape index (κ3) is 3.84. The Balaban J connectivity index is 2.63. The lowest BCUT2D eigenvalue weighted by atomic mass is 10.9. The van der Waals surface area contributed by atoms with E-state index in [0.717, 1.165) is 0 Å². The smallest absolute Gasteiger partial charge is 0.0712 e. The summed E-state index contributed by atoms with van der Waals surface area (Å²) in [6.45, 7) is 1.90. The summed E-state index contributed by atoms with van der Waals surface area (Å²) in [6, 6.07) is 0. The average molecular weight is 93.1 g/mol. The van der Waals surface area contributed by atoms with E-state index in [1.54, 1.807) is 6.92 Å². The summed E-state index contributed by atoms with van der Waals surface area (Å²) in [5.74, 6) is 0. The van der Waals surface area contributed by atoms with E-state index < -0.39 is 0 Å². The van der Waals surface area contributed by atoms with Crippen molar-refractivity contribution in [1.82, 2.24) is 5.39 Å². The molecule has 0 atom stereocenters. The van der Waals surface area contributed by atoms with E-state index in [0.29, 0.717) is 0 Å². The van der Waals surface area contributed by atoms with Crippen molar-refractivity contribution in [1.29, 1.82) is 0 Å². The largest absolute Gasteiger partial charge is 0.266 e. The summed E-state index contributed by atoms with van der Waals surface area (Å²) < 4.78 is 0. The number of hydrogen-bond acceptors (Lipinski definition) is 4. The van der Waals surface area contributed by atoms with Crippen LogP contribution >= 0.6 is 0 Å². The molecule has 0 aliphatic heterocycles. The third-order valence-electron chi connectivity index (χ3n) is 0.245. The second-order valence-electron chi connectivity index (χ2n) is 0.671. The van der Waals surface area contributed by atoms with Gasteiger partial charge in [-0.25, -0.2) is 0 Å². The van der Waals surface area contributed by atoms with Crippen molar-refractivity contribution >= 4 is 0 Å². The van der Waals surface area contributed by atoms with E-state index in [2.05, 4.69) is 4.84 Å². The monoisotopic (exact) mass is 93.0 g/mol. The van der Waals surface area contributed by atoms with Crippen LogP contribution in [0, 0.1) is 0 Å². The zero-order valence-electron chi connectivity index (χ0n) is 3.46. The van der Waals surface area contributed by atoms with Gasteiger partial charge < -0.3 is 0 Å². The SMILES string of the molecule is CCON(O)O. The predicted octanol–water partition coefficient (Wildman–Crippen LogP) is 0.0183. The average Bonchev–Trinajstić information content (AvgIpc) is 1.35. The predicted molar refractivity (Wildman–Crippen MR) is 17.0 cm³/mol. The van der Waals surface area contributed by atoms with Crippen LogP contribution in [0.2, 0.25) is 0 Å². The molecule has 0 aromatic rings. The summed E-state index contributed by atoms with van der Waals surface area (Å²) in [7, 11) is 0. The van der Waals surface area contributed by atoms with Gasteiger partial charge in [-0.15, -0.1) is 0 Å². The molecule has 38 valence electrons. The molecule has 0 aliphatic rings. The zero-order chi connectivity index (χ0) is 4.99. The Bertz CT molecular complexity index is 30.0. The fraction of sp³-hybridized carbons (Fsp3) is 1.00. The molecule has 0 unspecified atom stereocenters. The van der Waals surface area contributed by atoms with Crippen LogP contribution in [0.15, 0.2) is 0 Å². The van der Waals surface area contributed by atoms with Gasteiger partial charge in [-0.2, -0.15) is 0 Å². The fourth-order valence-electron chi connectivity index (χ4n) is 0.115. The maximum Gasteiger partial charge on any atom is 0.0712 e. The van der Waals surface area contributed by atoms with Gasteiger partial charge in [-0.3, -0.25) is 15.3 Å². The van der Waals surface area contributed by atoms with Crippen LogP contribution in [0.1, 0.15) is 6.92 Å². The lowest BCUT2D eigenvalue weighted by Crippen LogP contribution is -2.13. The number of nitrogens with zero attached hydrogens (tertiary/aromatic N) is 1. The summed E-state index contributed by atoms with van der Waals surface area (Å²) >= 11 is 0. The first-order valence-corrected chi connectivity index (χ1v) is 1.58. The molecule has 0 amide bonds. The maximum atomic E-state index is 7.72. The highest BCUT2D eigenvalue weighted by Crippen LogP contribution is 1.71. The van der Waals surface area contributed by atoms with Crippen molar-refractivity contribution in [3.8, 4) is 0 Å². The van der Waals surface area contributed by atoms with E-state index in [1.807, 2.05) is 0 Å². The van der Waals surface area contributed by atoms with Crippen LogP contribution < -0.4 is 0 Å². The first-order chi connectivity index (χ1) is 2.77. The Morgan fingerprint density at radius 2 is 2.17 bits per heavy atom. The van der Waals surface area contributed by atoms with Crippen LogP contribution in [-0.4, -0.2) is 22.4 Å². The molecule has 0 bridgehead atoms. The van der Waals surface area contributed by atoms with E-state index in [9.17, 15) is 0 Å². The molecule has 0 radical (unpaired) electrons. The van der Waals surface area contributed by atoms with Crippen LogP contribution in [0.4, 0.5) is 0 Å². The van der Waals surface area contributed by atoms with E-state index in [1.165, 1.54) is 0 Å². The van der Waals surface area contributed by atoms with Gasteiger partial charge in [0.15, 0.2) is 0 Å². The Kier molecular flexibility index (Phi) is 2.97. The van der Waals surface area contributed by atoms with Crippen molar-refractivity contribution in [3.05, 3.63) is 0 Å². The van der Waals surface area contributed by atoms with Gasteiger partial charge in [-0.05, 0) is 6.92 Å². The number of rotatable bonds is 2. The highest BCUT2D eigenvalue weighted by atomic mass is 17.1. The Labute approximate surface area is 35.4 Å². The quantitative estimate of drug-likeness (QED) is 0.472. The molecule has 0 saturated carbocycles. The minimum absolute atomic E-state index is 0.257. The molecular weight excluding hydrogens is 86.0 g/mol. The molecule has 0 saturated heterocycles. The molecular formula is C2H7NO3. The van der Waals surface area contributed by atoms with Crippen LogP contribution in [0.5, 0.6) is 0 Å². The Morgan fingerprint density at radius 1 is 1.67 bits per heavy atom. The maximum absolute atomic E-state index is 7.72. The molecule has 4 heteroatoms. The molecule has 0 aliphatic carbocycles. The lowest BCUT2D eigenvalue weighted by Gasteiger charge is -1.99. The Hall–Kier alpha value is -0.160. The molecule has 0 fully saturated rings. The van der Waals surface area contributed by atoms with Crippen LogP contribution in [-0.2, 0) is 4.84 Å². The molecule has 0 spiro atoms. The molecule has 6 heavy (non-hydrogen) atoms. The summed E-state index contributed by atoms with van der Waals surface area (Å²) in [5, 5.41) is 15.1. The van der Waals surface area contributed by atoms with Crippen LogP contribution in [0.25, 0.3) is 0 Å². The Morgan fingerprint density at radius 3 is 2.17 bits per heavy atom. The first-order valence-electron chi connectivity index (χ1n) is 1.58.